The van der Waals surface area contributed by atoms with Crippen molar-refractivity contribution in [3.63, 3.8) is 0 Å². The number of hydrogen-bond donors (Lipinski definition) is 1. The number of pyridine rings is 1. The molecule has 5 heteroatoms. The van der Waals surface area contributed by atoms with E-state index in [0.717, 1.165) is 50.2 Å². The molecule has 0 bridgehead atoms. The Morgan fingerprint density at radius 3 is 2.83 bits per heavy atom. The van der Waals surface area contributed by atoms with Crippen LogP contribution in [-0.2, 0) is 13.0 Å². The molecular weight excluding hydrogens is 360 g/mol. The first-order valence-corrected chi connectivity index (χ1v) is 10.5. The van der Waals surface area contributed by atoms with E-state index < -0.39 is 0 Å². The van der Waals surface area contributed by atoms with Crippen LogP contribution >= 0.6 is 0 Å². The molecule has 0 saturated carbocycles. The van der Waals surface area contributed by atoms with Gasteiger partial charge in [0, 0.05) is 35.9 Å². The van der Waals surface area contributed by atoms with Gasteiger partial charge in [-0.15, -0.1) is 0 Å². The topological polar surface area (TPSA) is 53.4 Å². The van der Waals surface area contributed by atoms with Crippen molar-refractivity contribution in [2.24, 2.45) is 0 Å². The minimum absolute atomic E-state index is 0.00833. The summed E-state index contributed by atoms with van der Waals surface area (Å²) in [6.45, 7) is 5.00. The fourth-order valence-electron chi connectivity index (χ4n) is 4.69. The SMILES string of the molecule is CCc1cccc2c(C3CCN(Cc4cc(=O)n5ccccc5n4)CC3)c[nH]c12. The number of benzene rings is 1. The Labute approximate surface area is 170 Å². The fraction of sp³-hybridized carbons (Fsp3) is 0.333. The van der Waals surface area contributed by atoms with Crippen LogP contribution in [0.15, 0.2) is 59.7 Å². The van der Waals surface area contributed by atoms with E-state index in [1.165, 1.54) is 22.0 Å². The number of aromatic amines is 1. The predicted octanol–water partition coefficient (Wildman–Crippen LogP) is 4.12. The minimum Gasteiger partial charge on any atom is -0.361 e. The lowest BCUT2D eigenvalue weighted by molar-refractivity contribution is 0.203. The van der Waals surface area contributed by atoms with Gasteiger partial charge in [-0.05, 0) is 61.5 Å². The molecule has 4 heterocycles. The van der Waals surface area contributed by atoms with Crippen LogP contribution in [0, 0.1) is 0 Å². The van der Waals surface area contributed by atoms with Gasteiger partial charge in [0.05, 0.1) is 5.69 Å². The summed E-state index contributed by atoms with van der Waals surface area (Å²) in [5.41, 5.74) is 5.71. The van der Waals surface area contributed by atoms with E-state index in [-0.39, 0.29) is 5.56 Å². The molecule has 5 rings (SSSR count). The Morgan fingerprint density at radius 2 is 2.00 bits per heavy atom. The molecule has 1 saturated heterocycles. The highest BCUT2D eigenvalue weighted by molar-refractivity contribution is 5.86. The molecule has 0 radical (unpaired) electrons. The summed E-state index contributed by atoms with van der Waals surface area (Å²) < 4.78 is 1.59. The van der Waals surface area contributed by atoms with E-state index in [2.05, 4.69) is 46.2 Å². The van der Waals surface area contributed by atoms with Gasteiger partial charge in [-0.25, -0.2) is 4.98 Å². The van der Waals surface area contributed by atoms with E-state index in [9.17, 15) is 4.79 Å². The number of nitrogens with zero attached hydrogens (tertiary/aromatic N) is 3. The molecule has 0 unspecified atom stereocenters. The summed E-state index contributed by atoms with van der Waals surface area (Å²) in [6, 6.07) is 14.0. The largest absolute Gasteiger partial charge is 0.361 e. The number of hydrogen-bond acceptors (Lipinski definition) is 3. The van der Waals surface area contributed by atoms with Gasteiger partial charge in [0.15, 0.2) is 0 Å². The third kappa shape index (κ3) is 3.36. The number of likely N-dealkylation sites (tertiary alicyclic amines) is 1. The zero-order valence-corrected chi connectivity index (χ0v) is 16.8. The van der Waals surface area contributed by atoms with Gasteiger partial charge in [0.1, 0.15) is 5.65 Å². The lowest BCUT2D eigenvalue weighted by Crippen LogP contribution is -2.33. The number of fused-ring (bicyclic) bond motifs is 2. The number of para-hydroxylation sites is 1. The van der Waals surface area contributed by atoms with E-state index >= 15 is 0 Å². The van der Waals surface area contributed by atoms with Gasteiger partial charge >= 0.3 is 0 Å². The third-order valence-electron chi connectivity index (χ3n) is 6.25. The molecule has 1 aliphatic rings. The maximum atomic E-state index is 12.3. The highest BCUT2D eigenvalue weighted by Gasteiger charge is 2.23. The fourth-order valence-corrected chi connectivity index (χ4v) is 4.69. The monoisotopic (exact) mass is 386 g/mol. The summed E-state index contributed by atoms with van der Waals surface area (Å²) in [7, 11) is 0. The molecule has 1 fully saturated rings. The highest BCUT2D eigenvalue weighted by atomic mass is 16.1. The molecule has 0 amide bonds. The predicted molar refractivity (Wildman–Crippen MR) is 116 cm³/mol. The molecule has 3 aromatic heterocycles. The van der Waals surface area contributed by atoms with E-state index in [0.29, 0.717) is 5.92 Å². The van der Waals surface area contributed by atoms with Crippen LogP contribution in [0.25, 0.3) is 16.6 Å². The number of nitrogens with one attached hydrogen (secondary N) is 1. The van der Waals surface area contributed by atoms with Gasteiger partial charge < -0.3 is 4.98 Å². The average Bonchev–Trinajstić information content (AvgIpc) is 3.19. The summed E-state index contributed by atoms with van der Waals surface area (Å²) in [5.74, 6) is 0.585. The second-order valence-electron chi connectivity index (χ2n) is 8.00. The Morgan fingerprint density at radius 1 is 1.14 bits per heavy atom. The number of aromatic nitrogens is 3. The van der Waals surface area contributed by atoms with Crippen molar-refractivity contribution in [2.75, 3.05) is 13.1 Å². The molecular formula is C24H26N4O. The van der Waals surface area contributed by atoms with Crippen LogP contribution in [0.1, 0.15) is 42.5 Å². The summed E-state index contributed by atoms with van der Waals surface area (Å²) in [6.07, 6.45) is 7.31. The van der Waals surface area contributed by atoms with Crippen LogP contribution in [0.5, 0.6) is 0 Å². The number of rotatable bonds is 4. The van der Waals surface area contributed by atoms with Crippen LogP contribution in [0.2, 0.25) is 0 Å². The molecule has 1 aliphatic heterocycles. The van der Waals surface area contributed by atoms with Gasteiger partial charge in [-0.1, -0.05) is 31.2 Å². The zero-order valence-electron chi connectivity index (χ0n) is 16.8. The Bertz CT molecular complexity index is 1210. The standard InChI is InChI=1S/C24H26N4O/c1-2-17-6-5-7-20-21(15-25-24(17)20)18-9-12-27(13-10-18)16-19-14-23(29)28-11-4-3-8-22(28)26-19/h3-8,11,14-15,18,25H,2,9-10,12-13,16H2,1H3. The van der Waals surface area contributed by atoms with E-state index in [4.69, 9.17) is 0 Å². The lowest BCUT2D eigenvalue weighted by atomic mass is 9.88. The Balaban J connectivity index is 1.31. The van der Waals surface area contributed by atoms with Crippen molar-refractivity contribution in [3.05, 3.63) is 82.0 Å². The van der Waals surface area contributed by atoms with Crippen LogP contribution in [-0.4, -0.2) is 32.4 Å². The molecule has 148 valence electrons. The van der Waals surface area contributed by atoms with E-state index in [1.54, 1.807) is 16.7 Å². The van der Waals surface area contributed by atoms with Crippen molar-refractivity contribution >= 4 is 16.6 Å². The maximum Gasteiger partial charge on any atom is 0.258 e. The molecule has 1 N–H and O–H groups in total. The van der Waals surface area contributed by atoms with E-state index in [1.807, 2.05) is 18.2 Å². The van der Waals surface area contributed by atoms with Crippen LogP contribution in [0.4, 0.5) is 0 Å². The molecule has 1 aromatic carbocycles. The maximum absolute atomic E-state index is 12.3. The van der Waals surface area contributed by atoms with Crippen molar-refractivity contribution < 1.29 is 0 Å². The molecule has 0 spiro atoms. The quantitative estimate of drug-likeness (QED) is 0.574. The average molecular weight is 386 g/mol. The third-order valence-corrected chi connectivity index (χ3v) is 6.25. The molecule has 0 atom stereocenters. The molecule has 29 heavy (non-hydrogen) atoms. The first-order valence-electron chi connectivity index (χ1n) is 10.5. The van der Waals surface area contributed by atoms with Crippen LogP contribution < -0.4 is 5.56 Å². The molecule has 0 aliphatic carbocycles. The number of aryl methyl sites for hydroxylation is 1. The second kappa shape index (κ2) is 7.48. The normalized spacial score (nSPS) is 16.0. The van der Waals surface area contributed by atoms with Gasteiger partial charge in [-0.3, -0.25) is 14.1 Å². The molecule has 5 nitrogen and oxygen atoms in total. The van der Waals surface area contributed by atoms with Crippen molar-refractivity contribution in [1.29, 1.82) is 0 Å². The van der Waals surface area contributed by atoms with Gasteiger partial charge in [-0.2, -0.15) is 0 Å². The number of piperidine rings is 1. The smallest absolute Gasteiger partial charge is 0.258 e. The van der Waals surface area contributed by atoms with Crippen LogP contribution in [0.3, 0.4) is 0 Å². The second-order valence-corrected chi connectivity index (χ2v) is 8.00. The van der Waals surface area contributed by atoms with Crippen molar-refractivity contribution in [2.45, 2.75) is 38.6 Å². The van der Waals surface area contributed by atoms with Crippen molar-refractivity contribution in [1.82, 2.24) is 19.3 Å². The van der Waals surface area contributed by atoms with Gasteiger partial charge in [0.2, 0.25) is 0 Å². The summed E-state index contributed by atoms with van der Waals surface area (Å²) >= 11 is 0. The lowest BCUT2D eigenvalue weighted by Gasteiger charge is -2.31. The Hall–Kier alpha value is -2.92. The molecule has 4 aromatic rings. The first kappa shape index (κ1) is 18.1. The van der Waals surface area contributed by atoms with Crippen molar-refractivity contribution in [3.8, 4) is 0 Å². The highest BCUT2D eigenvalue weighted by Crippen LogP contribution is 2.34. The first-order chi connectivity index (χ1) is 14.2. The Kier molecular flexibility index (Phi) is 4.68. The number of H-pyrrole nitrogens is 1. The zero-order chi connectivity index (χ0) is 19.8. The summed E-state index contributed by atoms with van der Waals surface area (Å²) in [5, 5.41) is 1.38. The summed E-state index contributed by atoms with van der Waals surface area (Å²) in [4.78, 5) is 22.9. The minimum atomic E-state index is -0.00833. The van der Waals surface area contributed by atoms with Gasteiger partial charge in [0.25, 0.3) is 5.56 Å².